The second-order valence-corrected chi connectivity index (χ2v) is 3.49. The van der Waals surface area contributed by atoms with Gasteiger partial charge in [0.1, 0.15) is 19.1 Å². The molecule has 5 heteroatoms. The summed E-state index contributed by atoms with van der Waals surface area (Å²) in [6, 6.07) is 8.39. The zero-order valence-electron chi connectivity index (χ0n) is 9.20. The number of ether oxygens (including phenoxy) is 1. The Morgan fingerprint density at radius 1 is 1.24 bits per heavy atom. The molecule has 0 aliphatic carbocycles. The molecule has 0 aliphatic heterocycles. The number of aliphatic hydroxyl groups is 2. The van der Waals surface area contributed by atoms with Crippen molar-refractivity contribution in [3.63, 3.8) is 0 Å². The lowest BCUT2D eigenvalue weighted by Gasteiger charge is -2.07. The Kier molecular flexibility index (Phi) is 5.32. The van der Waals surface area contributed by atoms with E-state index in [4.69, 9.17) is 10.2 Å². The van der Waals surface area contributed by atoms with E-state index in [9.17, 15) is 9.59 Å². The summed E-state index contributed by atoms with van der Waals surface area (Å²) in [5, 5.41) is 17.4. The molecule has 0 amide bonds. The van der Waals surface area contributed by atoms with Gasteiger partial charge >= 0.3 is 5.97 Å². The van der Waals surface area contributed by atoms with Crippen LogP contribution in [-0.4, -0.2) is 41.3 Å². The van der Waals surface area contributed by atoms with Crippen LogP contribution in [0.4, 0.5) is 0 Å². The fourth-order valence-electron chi connectivity index (χ4n) is 1.15. The summed E-state index contributed by atoms with van der Waals surface area (Å²) in [5.74, 6) is -1.06. The first-order valence-corrected chi connectivity index (χ1v) is 5.16. The molecule has 17 heavy (non-hydrogen) atoms. The molecule has 0 aromatic heterocycles. The molecule has 1 rings (SSSR count). The summed E-state index contributed by atoms with van der Waals surface area (Å²) >= 11 is 0. The lowest BCUT2D eigenvalue weighted by molar-refractivity contribution is -0.146. The van der Waals surface area contributed by atoms with E-state index in [0.717, 1.165) is 0 Å². The number of hydrogen-bond donors (Lipinski definition) is 2. The Balaban J connectivity index is 2.39. The summed E-state index contributed by atoms with van der Waals surface area (Å²) in [7, 11) is 0. The van der Waals surface area contributed by atoms with E-state index in [0.29, 0.717) is 5.56 Å². The molecular formula is C12H14O5. The minimum Gasteiger partial charge on any atom is -0.462 e. The second kappa shape index (κ2) is 6.78. The maximum Gasteiger partial charge on any atom is 0.313 e. The third-order valence-electron chi connectivity index (χ3n) is 2.05. The average Bonchev–Trinajstić information content (AvgIpc) is 2.36. The Hall–Kier alpha value is -1.72. The van der Waals surface area contributed by atoms with Crippen LogP contribution in [0.25, 0.3) is 0 Å². The quantitative estimate of drug-likeness (QED) is 0.419. The predicted octanol–water partition coefficient (Wildman–Crippen LogP) is 0.156. The summed E-state index contributed by atoms with van der Waals surface area (Å²) in [5.41, 5.74) is 0.437. The molecule has 1 aromatic rings. The number of rotatable bonds is 6. The van der Waals surface area contributed by atoms with E-state index in [1.54, 1.807) is 30.3 Å². The molecule has 0 bridgehead atoms. The predicted molar refractivity (Wildman–Crippen MR) is 59.4 cm³/mol. The van der Waals surface area contributed by atoms with E-state index >= 15 is 0 Å². The van der Waals surface area contributed by atoms with E-state index in [-0.39, 0.29) is 18.8 Å². The molecule has 92 valence electrons. The first-order valence-electron chi connectivity index (χ1n) is 5.16. The highest BCUT2D eigenvalue weighted by molar-refractivity contribution is 6.05. The Morgan fingerprint density at radius 3 is 2.47 bits per heavy atom. The van der Waals surface area contributed by atoms with Crippen molar-refractivity contribution in [2.24, 2.45) is 0 Å². The van der Waals surface area contributed by atoms with Crippen LogP contribution < -0.4 is 0 Å². The van der Waals surface area contributed by atoms with E-state index in [1.165, 1.54) is 0 Å². The SMILES string of the molecule is O=C(CC(=O)c1ccccc1)OCC(O)CO. The van der Waals surface area contributed by atoms with Gasteiger partial charge in [0, 0.05) is 5.56 Å². The Morgan fingerprint density at radius 2 is 1.88 bits per heavy atom. The van der Waals surface area contributed by atoms with Crippen LogP contribution in [0.2, 0.25) is 0 Å². The van der Waals surface area contributed by atoms with Gasteiger partial charge < -0.3 is 14.9 Å². The van der Waals surface area contributed by atoms with Gasteiger partial charge in [0.05, 0.1) is 6.61 Å². The van der Waals surface area contributed by atoms with Crippen molar-refractivity contribution < 1.29 is 24.5 Å². The fourth-order valence-corrected chi connectivity index (χ4v) is 1.15. The molecule has 5 nitrogen and oxygen atoms in total. The van der Waals surface area contributed by atoms with E-state index in [2.05, 4.69) is 4.74 Å². The zero-order chi connectivity index (χ0) is 12.7. The summed E-state index contributed by atoms with van der Waals surface area (Å²) in [6.45, 7) is -0.794. The number of Topliss-reactive ketones (excluding diaryl/α,β-unsaturated/α-hetero) is 1. The molecular weight excluding hydrogens is 224 g/mol. The van der Waals surface area contributed by atoms with Crippen LogP contribution in [0, 0.1) is 0 Å². The molecule has 2 N–H and O–H groups in total. The van der Waals surface area contributed by atoms with Gasteiger partial charge in [-0.3, -0.25) is 9.59 Å². The molecule has 0 saturated carbocycles. The molecule has 0 radical (unpaired) electrons. The number of benzene rings is 1. The maximum atomic E-state index is 11.6. The highest BCUT2D eigenvalue weighted by Gasteiger charge is 2.13. The van der Waals surface area contributed by atoms with Crippen molar-refractivity contribution >= 4 is 11.8 Å². The molecule has 0 aliphatic rings. The van der Waals surface area contributed by atoms with Crippen molar-refractivity contribution in [3.05, 3.63) is 35.9 Å². The molecule has 0 spiro atoms. The first kappa shape index (κ1) is 13.3. The number of aliphatic hydroxyl groups excluding tert-OH is 2. The normalized spacial score (nSPS) is 11.9. The standard InChI is InChI=1S/C12H14O5/c13-7-10(14)8-17-12(16)6-11(15)9-4-2-1-3-5-9/h1-5,10,13-14H,6-8H2. The van der Waals surface area contributed by atoms with Crippen LogP contribution in [0.3, 0.4) is 0 Å². The molecule has 0 heterocycles. The Bertz CT molecular complexity index is 374. The highest BCUT2D eigenvalue weighted by atomic mass is 16.5. The van der Waals surface area contributed by atoms with Crippen LogP contribution in [0.1, 0.15) is 16.8 Å². The third kappa shape index (κ3) is 4.76. The van der Waals surface area contributed by atoms with Gasteiger partial charge in [0.2, 0.25) is 0 Å². The largest absolute Gasteiger partial charge is 0.462 e. The number of hydrogen-bond acceptors (Lipinski definition) is 5. The lowest BCUT2D eigenvalue weighted by atomic mass is 10.1. The lowest BCUT2D eigenvalue weighted by Crippen LogP contribution is -2.23. The second-order valence-electron chi connectivity index (χ2n) is 3.49. The van der Waals surface area contributed by atoms with Crippen LogP contribution in [0.5, 0.6) is 0 Å². The van der Waals surface area contributed by atoms with Crippen molar-refractivity contribution in [1.29, 1.82) is 0 Å². The van der Waals surface area contributed by atoms with Crippen molar-refractivity contribution in [3.8, 4) is 0 Å². The van der Waals surface area contributed by atoms with Crippen LogP contribution in [0.15, 0.2) is 30.3 Å². The van der Waals surface area contributed by atoms with E-state index in [1.807, 2.05) is 0 Å². The fraction of sp³-hybridized carbons (Fsp3) is 0.333. The van der Waals surface area contributed by atoms with E-state index < -0.39 is 18.7 Å². The van der Waals surface area contributed by atoms with Crippen LogP contribution in [-0.2, 0) is 9.53 Å². The molecule has 1 aromatic carbocycles. The third-order valence-corrected chi connectivity index (χ3v) is 2.05. The summed E-state index contributed by atoms with van der Waals surface area (Å²) in [6.07, 6.45) is -1.48. The topological polar surface area (TPSA) is 83.8 Å². The van der Waals surface area contributed by atoms with Crippen molar-refractivity contribution in [2.75, 3.05) is 13.2 Å². The minimum absolute atomic E-state index is 0.308. The van der Waals surface area contributed by atoms with Crippen molar-refractivity contribution in [2.45, 2.75) is 12.5 Å². The molecule has 1 unspecified atom stereocenters. The van der Waals surface area contributed by atoms with Gasteiger partial charge in [-0.05, 0) is 0 Å². The maximum absolute atomic E-state index is 11.6. The van der Waals surface area contributed by atoms with Crippen molar-refractivity contribution in [1.82, 2.24) is 0 Å². The molecule has 1 atom stereocenters. The molecule has 0 fully saturated rings. The number of carbonyl (C=O) groups is 2. The monoisotopic (exact) mass is 238 g/mol. The highest BCUT2D eigenvalue weighted by Crippen LogP contribution is 2.03. The summed E-state index contributed by atoms with van der Waals surface area (Å²) in [4.78, 5) is 22.8. The molecule has 0 saturated heterocycles. The number of ketones is 1. The van der Waals surface area contributed by atoms with Gasteiger partial charge in [-0.2, -0.15) is 0 Å². The number of carbonyl (C=O) groups excluding carboxylic acids is 2. The van der Waals surface area contributed by atoms with Gasteiger partial charge in [-0.25, -0.2) is 0 Å². The average molecular weight is 238 g/mol. The van der Waals surface area contributed by atoms with Gasteiger partial charge in [0.25, 0.3) is 0 Å². The van der Waals surface area contributed by atoms with Gasteiger partial charge in [-0.15, -0.1) is 0 Å². The smallest absolute Gasteiger partial charge is 0.313 e. The van der Waals surface area contributed by atoms with Gasteiger partial charge in [0.15, 0.2) is 5.78 Å². The zero-order valence-corrected chi connectivity index (χ0v) is 9.20. The first-order chi connectivity index (χ1) is 8.13. The van der Waals surface area contributed by atoms with Crippen LogP contribution >= 0.6 is 0 Å². The number of esters is 1. The van der Waals surface area contributed by atoms with Gasteiger partial charge in [-0.1, -0.05) is 30.3 Å². The minimum atomic E-state index is -1.11. The Labute approximate surface area is 98.6 Å². The summed E-state index contributed by atoms with van der Waals surface area (Å²) < 4.78 is 4.62.